The molecular weight excluding hydrogens is 369 g/mol. The Morgan fingerprint density at radius 2 is 2.10 bits per heavy atom. The molecule has 1 saturated heterocycles. The van der Waals surface area contributed by atoms with Crippen molar-refractivity contribution in [2.75, 3.05) is 18.8 Å². The van der Waals surface area contributed by atoms with Crippen molar-refractivity contribution in [1.29, 1.82) is 0 Å². The molecule has 3 heterocycles. The number of benzene rings is 1. The third kappa shape index (κ3) is 4.45. The number of aromatic nitrogens is 3. The Kier molecular flexibility index (Phi) is 5.55. The molecule has 1 fully saturated rings. The van der Waals surface area contributed by atoms with Crippen LogP contribution in [-0.4, -0.2) is 39.1 Å². The highest BCUT2D eigenvalue weighted by atomic mass is 19.1. The van der Waals surface area contributed by atoms with Crippen LogP contribution in [0.1, 0.15) is 36.4 Å². The number of nitrogens with zero attached hydrogens (tertiary/aromatic N) is 3. The number of pyridine rings is 1. The largest absolute Gasteiger partial charge is 0.384 e. The summed E-state index contributed by atoms with van der Waals surface area (Å²) in [5.74, 6) is 0.631. The van der Waals surface area contributed by atoms with Crippen LogP contribution in [0, 0.1) is 5.82 Å². The van der Waals surface area contributed by atoms with E-state index in [9.17, 15) is 9.18 Å². The van der Waals surface area contributed by atoms with Crippen molar-refractivity contribution >= 4 is 11.7 Å². The molecule has 1 aliphatic rings. The predicted molar refractivity (Wildman–Crippen MR) is 110 cm³/mol. The summed E-state index contributed by atoms with van der Waals surface area (Å²) >= 11 is 0. The summed E-state index contributed by atoms with van der Waals surface area (Å²) in [7, 11) is 0. The van der Waals surface area contributed by atoms with Crippen LogP contribution in [0.2, 0.25) is 0 Å². The lowest BCUT2D eigenvalue weighted by molar-refractivity contribution is -0.130. The lowest BCUT2D eigenvalue weighted by atomic mass is 9.97. The molecule has 0 spiro atoms. The van der Waals surface area contributed by atoms with E-state index in [1.807, 2.05) is 17.0 Å². The molecule has 3 N–H and O–H groups in total. The van der Waals surface area contributed by atoms with Crippen molar-refractivity contribution in [3.8, 4) is 11.1 Å². The smallest absolute Gasteiger partial charge is 0.222 e. The van der Waals surface area contributed by atoms with Crippen molar-refractivity contribution < 1.29 is 9.18 Å². The second-order valence-electron chi connectivity index (χ2n) is 7.47. The highest BCUT2D eigenvalue weighted by Crippen LogP contribution is 2.33. The number of anilines is 1. The van der Waals surface area contributed by atoms with E-state index in [2.05, 4.69) is 15.2 Å². The van der Waals surface area contributed by atoms with Crippen molar-refractivity contribution in [1.82, 2.24) is 20.1 Å². The molecule has 3 aromatic rings. The van der Waals surface area contributed by atoms with Crippen molar-refractivity contribution in [2.24, 2.45) is 0 Å². The topological polar surface area (TPSA) is 87.9 Å². The number of carbonyl (C=O) groups is 1. The first kappa shape index (κ1) is 19.1. The van der Waals surface area contributed by atoms with Gasteiger partial charge in [-0.05, 0) is 54.7 Å². The lowest BCUT2D eigenvalue weighted by Crippen LogP contribution is -2.28. The fourth-order valence-corrected chi connectivity index (χ4v) is 3.93. The summed E-state index contributed by atoms with van der Waals surface area (Å²) < 4.78 is 13.0. The highest BCUT2D eigenvalue weighted by molar-refractivity contribution is 5.77. The van der Waals surface area contributed by atoms with Crippen LogP contribution in [0.25, 0.3) is 11.1 Å². The van der Waals surface area contributed by atoms with Gasteiger partial charge in [0.15, 0.2) is 0 Å². The number of nitrogens with two attached hydrogens (primary N) is 1. The number of nitrogens with one attached hydrogen (secondary N) is 1. The average molecular weight is 393 g/mol. The van der Waals surface area contributed by atoms with Crippen LogP contribution in [-0.2, 0) is 11.2 Å². The Bertz CT molecular complexity index is 985. The van der Waals surface area contributed by atoms with Gasteiger partial charge in [0, 0.05) is 42.9 Å². The van der Waals surface area contributed by atoms with Crippen molar-refractivity contribution in [2.45, 2.75) is 31.6 Å². The van der Waals surface area contributed by atoms with Gasteiger partial charge in [-0.2, -0.15) is 5.10 Å². The Morgan fingerprint density at radius 1 is 1.28 bits per heavy atom. The van der Waals surface area contributed by atoms with E-state index in [4.69, 9.17) is 5.73 Å². The lowest BCUT2D eigenvalue weighted by Gasteiger charge is -2.17. The molecule has 1 aromatic carbocycles. The number of halogens is 1. The van der Waals surface area contributed by atoms with Crippen LogP contribution >= 0.6 is 0 Å². The van der Waals surface area contributed by atoms with Crippen LogP contribution in [0.4, 0.5) is 10.2 Å². The van der Waals surface area contributed by atoms with Gasteiger partial charge in [-0.25, -0.2) is 9.37 Å². The Morgan fingerprint density at radius 3 is 2.90 bits per heavy atom. The van der Waals surface area contributed by atoms with E-state index >= 15 is 0 Å². The molecule has 6 nitrogen and oxygen atoms in total. The van der Waals surface area contributed by atoms with Gasteiger partial charge in [0.2, 0.25) is 5.91 Å². The van der Waals surface area contributed by atoms with Crippen molar-refractivity contribution in [3.05, 3.63) is 65.9 Å². The monoisotopic (exact) mass is 393 g/mol. The maximum atomic E-state index is 13.0. The zero-order chi connectivity index (χ0) is 20.2. The molecule has 150 valence electrons. The van der Waals surface area contributed by atoms with Gasteiger partial charge >= 0.3 is 0 Å². The van der Waals surface area contributed by atoms with Gasteiger partial charge in [-0.3, -0.25) is 9.89 Å². The number of amides is 1. The minimum atomic E-state index is -0.236. The quantitative estimate of drug-likeness (QED) is 0.671. The zero-order valence-electron chi connectivity index (χ0n) is 16.1. The van der Waals surface area contributed by atoms with Gasteiger partial charge in [-0.1, -0.05) is 12.1 Å². The number of hydrogen-bond acceptors (Lipinski definition) is 4. The molecule has 4 rings (SSSR count). The summed E-state index contributed by atoms with van der Waals surface area (Å²) in [6, 6.07) is 10.2. The van der Waals surface area contributed by atoms with E-state index in [1.165, 1.54) is 12.1 Å². The Labute approximate surface area is 169 Å². The fourth-order valence-electron chi connectivity index (χ4n) is 3.93. The average Bonchev–Trinajstić information content (AvgIpc) is 3.39. The molecule has 1 aliphatic heterocycles. The molecule has 29 heavy (non-hydrogen) atoms. The standard InChI is InChI=1S/C22H24FN5O/c23-18-6-4-15(5-7-18)2-1-3-21(29)28-11-9-17(14-28)22-19(13-26-27-22)16-8-10-25-20(24)12-16/h4-8,10,12-13,17H,1-3,9,11,14H2,(H2,24,25)(H,26,27)/t17-/m1/s1. The molecule has 1 amide bonds. The van der Waals surface area contributed by atoms with E-state index in [0.717, 1.165) is 48.2 Å². The van der Waals surface area contributed by atoms with Crippen LogP contribution in [0.3, 0.4) is 0 Å². The first-order valence-corrected chi connectivity index (χ1v) is 9.87. The number of likely N-dealkylation sites (tertiary alicyclic amines) is 1. The van der Waals surface area contributed by atoms with Gasteiger partial charge < -0.3 is 10.6 Å². The van der Waals surface area contributed by atoms with E-state index in [1.54, 1.807) is 24.5 Å². The molecule has 1 atom stereocenters. The molecule has 0 radical (unpaired) electrons. The van der Waals surface area contributed by atoms with Crippen LogP contribution in [0.5, 0.6) is 0 Å². The molecule has 0 unspecified atom stereocenters. The number of carbonyl (C=O) groups excluding carboxylic acids is 1. The van der Waals surface area contributed by atoms with Gasteiger partial charge in [0.1, 0.15) is 11.6 Å². The van der Waals surface area contributed by atoms with E-state index in [-0.39, 0.29) is 17.6 Å². The molecule has 0 aliphatic carbocycles. The molecule has 2 aromatic heterocycles. The fraction of sp³-hybridized carbons (Fsp3) is 0.318. The number of hydrogen-bond donors (Lipinski definition) is 2. The maximum absolute atomic E-state index is 13.0. The van der Waals surface area contributed by atoms with Crippen LogP contribution in [0.15, 0.2) is 48.8 Å². The maximum Gasteiger partial charge on any atom is 0.222 e. The molecule has 7 heteroatoms. The summed E-state index contributed by atoms with van der Waals surface area (Å²) in [5, 5.41) is 7.33. The minimum absolute atomic E-state index is 0.170. The molecular formula is C22H24FN5O. The number of aromatic amines is 1. The Balaban J connectivity index is 1.34. The third-order valence-electron chi connectivity index (χ3n) is 5.48. The number of rotatable bonds is 6. The van der Waals surface area contributed by atoms with Gasteiger partial charge in [-0.15, -0.1) is 0 Å². The SMILES string of the molecule is Nc1cc(-c2cn[nH]c2[C@@H]2CCN(C(=O)CCCc3ccc(F)cc3)C2)ccn1. The van der Waals surface area contributed by atoms with Crippen LogP contribution < -0.4 is 5.73 Å². The predicted octanol–water partition coefficient (Wildman–Crippen LogP) is 3.53. The van der Waals surface area contributed by atoms with Gasteiger partial charge in [0.25, 0.3) is 0 Å². The normalized spacial score (nSPS) is 16.3. The highest BCUT2D eigenvalue weighted by Gasteiger charge is 2.29. The first-order chi connectivity index (χ1) is 14.1. The number of H-pyrrole nitrogens is 1. The summed E-state index contributed by atoms with van der Waals surface area (Å²) in [4.78, 5) is 18.6. The first-order valence-electron chi connectivity index (χ1n) is 9.87. The summed E-state index contributed by atoms with van der Waals surface area (Å²) in [5.41, 5.74) is 9.89. The molecule has 0 saturated carbocycles. The Hall–Kier alpha value is -3.22. The number of nitrogen functional groups attached to an aromatic ring is 1. The number of aryl methyl sites for hydroxylation is 1. The molecule has 0 bridgehead atoms. The minimum Gasteiger partial charge on any atom is -0.384 e. The second kappa shape index (κ2) is 8.43. The van der Waals surface area contributed by atoms with Crippen molar-refractivity contribution in [3.63, 3.8) is 0 Å². The van der Waals surface area contributed by atoms with E-state index in [0.29, 0.717) is 18.8 Å². The second-order valence-corrected chi connectivity index (χ2v) is 7.47. The summed E-state index contributed by atoms with van der Waals surface area (Å²) in [6.45, 7) is 1.43. The summed E-state index contributed by atoms with van der Waals surface area (Å²) in [6.07, 6.45) is 6.43. The van der Waals surface area contributed by atoms with E-state index < -0.39 is 0 Å². The van der Waals surface area contributed by atoms with Gasteiger partial charge in [0.05, 0.1) is 6.20 Å². The zero-order valence-corrected chi connectivity index (χ0v) is 16.1. The third-order valence-corrected chi connectivity index (χ3v) is 5.48.